The van der Waals surface area contributed by atoms with E-state index < -0.39 is 12.1 Å². The van der Waals surface area contributed by atoms with Gasteiger partial charge < -0.3 is 20.7 Å². The third-order valence-corrected chi connectivity index (χ3v) is 5.56. The van der Waals surface area contributed by atoms with Crippen LogP contribution in [0.4, 0.5) is 10.5 Å². The van der Waals surface area contributed by atoms with E-state index in [1.54, 1.807) is 29.4 Å². The molecule has 1 saturated heterocycles. The molecule has 2 aromatic rings. The molecule has 1 fully saturated rings. The Bertz CT molecular complexity index is 847. The monoisotopic (exact) mass is 366 g/mol. The second kappa shape index (κ2) is 6.90. The highest BCUT2D eigenvalue weighted by molar-refractivity contribution is 5.94. The largest absolute Gasteiger partial charge is 0.480 e. The van der Waals surface area contributed by atoms with Crippen LogP contribution in [0.1, 0.15) is 24.8 Å². The maximum absolute atomic E-state index is 12.8. The van der Waals surface area contributed by atoms with E-state index in [1.807, 2.05) is 18.2 Å². The van der Waals surface area contributed by atoms with E-state index in [4.69, 9.17) is 10.5 Å². The zero-order chi connectivity index (χ0) is 18.9. The third-order valence-electron chi connectivity index (χ3n) is 5.56. The highest BCUT2D eigenvalue weighted by Crippen LogP contribution is 2.47. The lowest BCUT2D eigenvalue weighted by Gasteiger charge is -2.46. The average Bonchev–Trinajstić information content (AvgIpc) is 2.69. The summed E-state index contributed by atoms with van der Waals surface area (Å²) in [6.07, 6.45) is 4.75. The Hall–Kier alpha value is -3.09. The zero-order valence-corrected chi connectivity index (χ0v) is 14.9. The van der Waals surface area contributed by atoms with Crippen LogP contribution >= 0.6 is 0 Å². The molecule has 1 aromatic heterocycles. The lowest BCUT2D eigenvalue weighted by Crippen LogP contribution is -2.52. The maximum Gasteiger partial charge on any atom is 0.314 e. The SMILES string of the molecule is NC(=O)N1CCC2(CC1)CC(C(=O)Nc1cccnc1)Oc1ccccc12. The van der Waals surface area contributed by atoms with E-state index in [2.05, 4.69) is 16.4 Å². The molecule has 1 aromatic carbocycles. The molecule has 1 atom stereocenters. The number of rotatable bonds is 2. The van der Waals surface area contributed by atoms with Crippen molar-refractivity contribution in [3.8, 4) is 5.75 Å². The molecule has 1 spiro atoms. The van der Waals surface area contributed by atoms with Crippen molar-refractivity contribution in [1.29, 1.82) is 0 Å². The van der Waals surface area contributed by atoms with Crippen molar-refractivity contribution in [2.24, 2.45) is 5.73 Å². The number of carbonyl (C=O) groups is 2. The average molecular weight is 366 g/mol. The molecule has 0 aliphatic carbocycles. The zero-order valence-electron chi connectivity index (χ0n) is 14.9. The standard InChI is InChI=1S/C20H22N4O3/c21-19(26)24-10-7-20(8-11-24)12-17(27-16-6-2-1-5-15(16)20)18(25)23-14-4-3-9-22-13-14/h1-6,9,13,17H,7-8,10-12H2,(H2,21,26)(H,23,25). The Morgan fingerprint density at radius 1 is 1.19 bits per heavy atom. The fourth-order valence-corrected chi connectivity index (χ4v) is 4.10. The van der Waals surface area contributed by atoms with Gasteiger partial charge in [0, 0.05) is 36.7 Å². The lowest BCUT2D eigenvalue weighted by molar-refractivity contribution is -0.124. The number of nitrogens with zero attached hydrogens (tertiary/aromatic N) is 2. The van der Waals surface area contributed by atoms with Crippen molar-refractivity contribution in [3.05, 3.63) is 54.4 Å². The molecule has 1 unspecified atom stereocenters. The lowest BCUT2D eigenvalue weighted by atomic mass is 9.67. The van der Waals surface area contributed by atoms with Gasteiger partial charge in [-0.3, -0.25) is 9.78 Å². The van der Waals surface area contributed by atoms with Crippen LogP contribution in [0.2, 0.25) is 0 Å². The molecule has 3 N–H and O–H groups in total. The van der Waals surface area contributed by atoms with Crippen molar-refractivity contribution in [2.75, 3.05) is 18.4 Å². The van der Waals surface area contributed by atoms with Crippen LogP contribution in [0.15, 0.2) is 48.8 Å². The predicted octanol–water partition coefficient (Wildman–Crippen LogP) is 2.28. The molecule has 27 heavy (non-hydrogen) atoms. The number of fused-ring (bicyclic) bond motifs is 2. The molecule has 4 rings (SSSR count). The molecular weight excluding hydrogens is 344 g/mol. The summed E-state index contributed by atoms with van der Waals surface area (Å²) in [6, 6.07) is 11.0. The first-order chi connectivity index (χ1) is 13.1. The minimum atomic E-state index is -0.597. The molecule has 7 nitrogen and oxygen atoms in total. The van der Waals surface area contributed by atoms with Gasteiger partial charge in [-0.15, -0.1) is 0 Å². The maximum atomic E-state index is 12.8. The van der Waals surface area contributed by atoms with Crippen LogP contribution in [0.25, 0.3) is 0 Å². The predicted molar refractivity (Wildman–Crippen MR) is 100 cm³/mol. The summed E-state index contributed by atoms with van der Waals surface area (Å²) in [5, 5.41) is 2.88. The van der Waals surface area contributed by atoms with E-state index in [0.717, 1.165) is 24.2 Å². The Labute approximate surface area is 157 Å². The molecule has 140 valence electrons. The van der Waals surface area contributed by atoms with Gasteiger partial charge >= 0.3 is 6.03 Å². The van der Waals surface area contributed by atoms with Gasteiger partial charge in [-0.25, -0.2) is 4.79 Å². The second-order valence-corrected chi connectivity index (χ2v) is 7.14. The van der Waals surface area contributed by atoms with E-state index in [1.165, 1.54) is 0 Å². The Morgan fingerprint density at radius 2 is 1.96 bits per heavy atom. The van der Waals surface area contributed by atoms with Gasteiger partial charge in [-0.05, 0) is 31.0 Å². The number of nitrogens with two attached hydrogens (primary N) is 1. The number of carbonyl (C=O) groups excluding carboxylic acids is 2. The number of amides is 3. The van der Waals surface area contributed by atoms with E-state index in [0.29, 0.717) is 25.2 Å². The number of aromatic nitrogens is 1. The van der Waals surface area contributed by atoms with Crippen LogP contribution in [0, 0.1) is 0 Å². The van der Waals surface area contributed by atoms with Crippen LogP contribution < -0.4 is 15.8 Å². The first-order valence-corrected chi connectivity index (χ1v) is 9.09. The number of pyridine rings is 1. The van der Waals surface area contributed by atoms with Crippen LogP contribution in [0.3, 0.4) is 0 Å². The molecule has 2 aliphatic heterocycles. The molecule has 3 amide bonds. The number of ether oxygens (including phenoxy) is 1. The Balaban J connectivity index is 1.58. The van der Waals surface area contributed by atoms with Crippen LogP contribution in [-0.2, 0) is 10.2 Å². The molecule has 0 saturated carbocycles. The fourth-order valence-electron chi connectivity index (χ4n) is 4.10. The van der Waals surface area contributed by atoms with Gasteiger partial charge in [-0.2, -0.15) is 0 Å². The third kappa shape index (κ3) is 3.32. The summed E-state index contributed by atoms with van der Waals surface area (Å²) < 4.78 is 6.03. The van der Waals surface area contributed by atoms with Gasteiger partial charge in [-0.1, -0.05) is 18.2 Å². The van der Waals surface area contributed by atoms with E-state index in [9.17, 15) is 9.59 Å². The number of hydrogen-bond donors (Lipinski definition) is 2. The molecule has 2 aliphatic rings. The number of urea groups is 1. The minimum Gasteiger partial charge on any atom is -0.480 e. The Kier molecular flexibility index (Phi) is 4.43. The van der Waals surface area contributed by atoms with Crippen molar-refractivity contribution in [1.82, 2.24) is 9.88 Å². The molecule has 7 heteroatoms. The van der Waals surface area contributed by atoms with Crippen molar-refractivity contribution < 1.29 is 14.3 Å². The second-order valence-electron chi connectivity index (χ2n) is 7.14. The number of benzene rings is 1. The summed E-state index contributed by atoms with van der Waals surface area (Å²) >= 11 is 0. The topological polar surface area (TPSA) is 97.6 Å². The summed E-state index contributed by atoms with van der Waals surface area (Å²) in [4.78, 5) is 30.0. The highest BCUT2D eigenvalue weighted by Gasteiger charge is 2.46. The van der Waals surface area contributed by atoms with Crippen LogP contribution in [0.5, 0.6) is 5.75 Å². The van der Waals surface area contributed by atoms with Crippen molar-refractivity contribution >= 4 is 17.6 Å². The number of nitrogens with one attached hydrogen (secondary N) is 1. The van der Waals surface area contributed by atoms with Gasteiger partial charge in [0.2, 0.25) is 0 Å². The first-order valence-electron chi connectivity index (χ1n) is 9.09. The van der Waals surface area contributed by atoms with Gasteiger partial charge in [0.1, 0.15) is 5.75 Å². The number of para-hydroxylation sites is 1. The number of piperidine rings is 1. The minimum absolute atomic E-state index is 0.186. The molecule has 0 bridgehead atoms. The first kappa shape index (κ1) is 17.3. The number of primary amides is 1. The van der Waals surface area contributed by atoms with Crippen LogP contribution in [-0.4, -0.2) is 41.0 Å². The van der Waals surface area contributed by atoms with Gasteiger partial charge in [0.25, 0.3) is 5.91 Å². The van der Waals surface area contributed by atoms with Gasteiger partial charge in [0.15, 0.2) is 6.10 Å². The van der Waals surface area contributed by atoms with Crippen molar-refractivity contribution in [3.63, 3.8) is 0 Å². The summed E-state index contributed by atoms with van der Waals surface area (Å²) in [6.45, 7) is 1.17. The summed E-state index contributed by atoms with van der Waals surface area (Å²) in [5.74, 6) is 0.553. The quantitative estimate of drug-likeness (QED) is 0.852. The van der Waals surface area contributed by atoms with E-state index >= 15 is 0 Å². The number of likely N-dealkylation sites (tertiary alicyclic amines) is 1. The molecule has 3 heterocycles. The molecular formula is C20H22N4O3. The van der Waals surface area contributed by atoms with Gasteiger partial charge in [0.05, 0.1) is 11.9 Å². The smallest absolute Gasteiger partial charge is 0.314 e. The number of anilines is 1. The summed E-state index contributed by atoms with van der Waals surface area (Å²) in [5.41, 5.74) is 6.99. The highest BCUT2D eigenvalue weighted by atomic mass is 16.5. The van der Waals surface area contributed by atoms with E-state index in [-0.39, 0.29) is 11.3 Å². The number of hydrogen-bond acceptors (Lipinski definition) is 4. The fraction of sp³-hybridized carbons (Fsp3) is 0.350. The van der Waals surface area contributed by atoms with Crippen molar-refractivity contribution in [2.45, 2.75) is 30.8 Å². The normalized spacial score (nSPS) is 20.4. The Morgan fingerprint density at radius 3 is 2.67 bits per heavy atom. The molecule has 0 radical (unpaired) electrons. The summed E-state index contributed by atoms with van der Waals surface area (Å²) in [7, 11) is 0.